The lowest BCUT2D eigenvalue weighted by atomic mass is 10.2. The van der Waals surface area contributed by atoms with Crippen LogP contribution in [0.3, 0.4) is 0 Å². The van der Waals surface area contributed by atoms with Gasteiger partial charge in [0.2, 0.25) is 5.91 Å². The summed E-state index contributed by atoms with van der Waals surface area (Å²) in [7, 11) is 0. The van der Waals surface area contributed by atoms with E-state index < -0.39 is 12.0 Å². The molecule has 1 heterocycles. The Hall–Kier alpha value is -1.82. The minimum absolute atomic E-state index is 0.320. The Morgan fingerprint density at radius 2 is 2.16 bits per heavy atom. The molecule has 0 bridgehead atoms. The molecule has 0 saturated heterocycles. The average Bonchev–Trinajstić information content (AvgIpc) is 2.77. The number of nitrogens with zero attached hydrogens (tertiary/aromatic N) is 1. The van der Waals surface area contributed by atoms with Gasteiger partial charge in [-0.05, 0) is 30.5 Å². The molecular weight excluding hydrogens is 312 g/mol. The van der Waals surface area contributed by atoms with Gasteiger partial charge in [-0.15, -0.1) is 0 Å². The van der Waals surface area contributed by atoms with Gasteiger partial charge in [0, 0.05) is 16.2 Å². The Balaban J connectivity index is 2.25. The van der Waals surface area contributed by atoms with E-state index in [-0.39, 0.29) is 12.5 Å². The summed E-state index contributed by atoms with van der Waals surface area (Å²) in [5.74, 6) is -1.37. The summed E-state index contributed by atoms with van der Waals surface area (Å²) >= 11 is 3.40. The molecule has 0 radical (unpaired) electrons. The van der Waals surface area contributed by atoms with E-state index in [1.165, 1.54) is 0 Å². The van der Waals surface area contributed by atoms with Crippen molar-refractivity contribution in [3.8, 4) is 0 Å². The predicted octanol–water partition coefficient (Wildman–Crippen LogP) is 2.17. The number of benzene rings is 1. The molecule has 6 heteroatoms. The van der Waals surface area contributed by atoms with Gasteiger partial charge >= 0.3 is 5.97 Å². The molecule has 5 nitrogen and oxygen atoms in total. The normalized spacial score (nSPS) is 12.3. The van der Waals surface area contributed by atoms with Crippen LogP contribution in [0.1, 0.15) is 13.0 Å². The van der Waals surface area contributed by atoms with Crippen molar-refractivity contribution >= 4 is 38.7 Å². The average molecular weight is 325 g/mol. The Kier molecular flexibility index (Phi) is 3.90. The maximum Gasteiger partial charge on any atom is 0.322 e. The van der Waals surface area contributed by atoms with E-state index in [0.29, 0.717) is 0 Å². The van der Waals surface area contributed by atoms with Crippen LogP contribution < -0.4 is 5.32 Å². The molecule has 0 spiro atoms. The van der Waals surface area contributed by atoms with Crippen molar-refractivity contribution < 1.29 is 14.7 Å². The first-order valence-corrected chi connectivity index (χ1v) is 6.54. The molecule has 1 amide bonds. The van der Waals surface area contributed by atoms with Crippen molar-refractivity contribution in [3.63, 3.8) is 0 Å². The van der Waals surface area contributed by atoms with Crippen LogP contribution in [0.4, 0.5) is 0 Å². The van der Waals surface area contributed by atoms with Gasteiger partial charge in [0.05, 0.1) is 0 Å². The summed E-state index contributed by atoms with van der Waals surface area (Å²) in [6.45, 7) is 1.36. The first kappa shape index (κ1) is 13.6. The van der Waals surface area contributed by atoms with Crippen molar-refractivity contribution in [2.24, 2.45) is 0 Å². The van der Waals surface area contributed by atoms with Crippen molar-refractivity contribution in [3.05, 3.63) is 34.9 Å². The van der Waals surface area contributed by atoms with E-state index in [4.69, 9.17) is 5.11 Å². The number of hydrogen-bond donors (Lipinski definition) is 2. The fourth-order valence-corrected chi connectivity index (χ4v) is 2.25. The summed E-state index contributed by atoms with van der Waals surface area (Å²) < 4.78 is 2.75. The molecular formula is C13H13BrN2O3. The number of halogens is 1. The third-order valence-electron chi connectivity index (χ3n) is 2.90. The van der Waals surface area contributed by atoms with Gasteiger partial charge in [-0.2, -0.15) is 0 Å². The number of amides is 1. The van der Waals surface area contributed by atoms with Crippen LogP contribution in [0.15, 0.2) is 34.9 Å². The second-order valence-electron chi connectivity index (χ2n) is 4.21. The van der Waals surface area contributed by atoms with E-state index in [1.807, 2.05) is 35.0 Å². The van der Waals surface area contributed by atoms with Gasteiger partial charge in [-0.3, -0.25) is 9.59 Å². The lowest BCUT2D eigenvalue weighted by molar-refractivity contribution is -0.138. The third kappa shape index (κ3) is 2.96. The fraction of sp³-hybridized carbons (Fsp3) is 0.231. The molecule has 2 N–H and O–H groups in total. The highest BCUT2D eigenvalue weighted by molar-refractivity contribution is 9.10. The molecule has 2 rings (SSSR count). The lowest BCUT2D eigenvalue weighted by Gasteiger charge is -2.14. The second-order valence-corrected chi connectivity index (χ2v) is 5.13. The summed E-state index contributed by atoms with van der Waals surface area (Å²) in [6, 6.07) is 7.27. The second kappa shape index (κ2) is 5.44. The van der Waals surface area contributed by atoms with Crippen LogP contribution >= 0.6 is 15.9 Å². The first-order chi connectivity index (χ1) is 8.99. The molecule has 1 atom stereocenters. The SMILES string of the molecule is CC(C(=O)NCC(=O)O)n1ccc2ccc(Br)cc21. The molecule has 1 aromatic heterocycles. The molecule has 2 aromatic rings. The number of carbonyl (C=O) groups is 2. The zero-order valence-electron chi connectivity index (χ0n) is 10.3. The van der Waals surface area contributed by atoms with Crippen LogP contribution in [-0.2, 0) is 9.59 Å². The highest BCUT2D eigenvalue weighted by Crippen LogP contribution is 2.23. The number of aliphatic carboxylic acids is 1. The Bertz CT molecular complexity index is 636. The first-order valence-electron chi connectivity index (χ1n) is 5.74. The van der Waals surface area contributed by atoms with Gasteiger partial charge in [0.1, 0.15) is 12.6 Å². The molecule has 0 aliphatic heterocycles. The molecule has 19 heavy (non-hydrogen) atoms. The number of carboxylic acid groups (broad SMARTS) is 1. The van der Waals surface area contributed by atoms with Crippen molar-refractivity contribution in [2.75, 3.05) is 6.54 Å². The summed E-state index contributed by atoms with van der Waals surface area (Å²) in [6.07, 6.45) is 1.82. The standard InChI is InChI=1S/C13H13BrN2O3/c1-8(13(19)15-7-12(17)18)16-5-4-9-2-3-10(14)6-11(9)16/h2-6,8H,7H2,1H3,(H,15,19)(H,17,18). The van der Waals surface area contributed by atoms with Crippen molar-refractivity contribution in [2.45, 2.75) is 13.0 Å². The van der Waals surface area contributed by atoms with E-state index in [1.54, 1.807) is 6.92 Å². The van der Waals surface area contributed by atoms with Gasteiger partial charge in [0.15, 0.2) is 0 Å². The quantitative estimate of drug-likeness (QED) is 0.905. The van der Waals surface area contributed by atoms with Crippen LogP contribution in [0, 0.1) is 0 Å². The summed E-state index contributed by atoms with van der Waals surface area (Å²) in [4.78, 5) is 22.3. The number of nitrogens with one attached hydrogen (secondary N) is 1. The van der Waals surface area contributed by atoms with Crippen LogP contribution in [0.25, 0.3) is 10.9 Å². The van der Waals surface area contributed by atoms with Crippen molar-refractivity contribution in [1.82, 2.24) is 9.88 Å². The number of fused-ring (bicyclic) bond motifs is 1. The number of hydrogen-bond acceptors (Lipinski definition) is 2. The molecule has 100 valence electrons. The largest absolute Gasteiger partial charge is 0.480 e. The Labute approximate surface area is 118 Å². The molecule has 0 aliphatic carbocycles. The van der Waals surface area contributed by atoms with Gasteiger partial charge in [-0.1, -0.05) is 22.0 Å². The van der Waals surface area contributed by atoms with Crippen molar-refractivity contribution in [1.29, 1.82) is 0 Å². The summed E-state index contributed by atoms with van der Waals surface area (Å²) in [5.41, 5.74) is 0.923. The van der Waals surface area contributed by atoms with Gasteiger partial charge in [0.25, 0.3) is 0 Å². The number of carbonyl (C=O) groups excluding carboxylic acids is 1. The number of aromatic nitrogens is 1. The van der Waals surface area contributed by atoms with E-state index in [2.05, 4.69) is 21.2 Å². The highest BCUT2D eigenvalue weighted by atomic mass is 79.9. The zero-order chi connectivity index (χ0) is 14.0. The van der Waals surface area contributed by atoms with Crippen LogP contribution in [0.5, 0.6) is 0 Å². The minimum atomic E-state index is -1.05. The maximum atomic E-state index is 11.9. The number of carboxylic acids is 1. The maximum absolute atomic E-state index is 11.9. The molecule has 1 aromatic carbocycles. The molecule has 0 fully saturated rings. The molecule has 0 aliphatic rings. The summed E-state index contributed by atoms with van der Waals surface area (Å²) in [5, 5.41) is 12.0. The Morgan fingerprint density at radius 3 is 2.84 bits per heavy atom. The monoisotopic (exact) mass is 324 g/mol. The van der Waals surface area contributed by atoms with Gasteiger partial charge in [-0.25, -0.2) is 0 Å². The predicted molar refractivity (Wildman–Crippen MR) is 75.0 cm³/mol. The zero-order valence-corrected chi connectivity index (χ0v) is 11.8. The van der Waals surface area contributed by atoms with Gasteiger partial charge < -0.3 is 15.0 Å². The number of rotatable bonds is 4. The Morgan fingerprint density at radius 1 is 1.42 bits per heavy atom. The van der Waals surface area contributed by atoms with E-state index in [0.717, 1.165) is 15.4 Å². The third-order valence-corrected chi connectivity index (χ3v) is 3.39. The van der Waals surface area contributed by atoms with Crippen LogP contribution in [0.2, 0.25) is 0 Å². The lowest BCUT2D eigenvalue weighted by Crippen LogP contribution is -2.34. The van der Waals surface area contributed by atoms with Crippen LogP contribution in [-0.4, -0.2) is 28.1 Å². The van der Waals surface area contributed by atoms with E-state index >= 15 is 0 Å². The molecule has 0 saturated carbocycles. The van der Waals surface area contributed by atoms with E-state index in [9.17, 15) is 9.59 Å². The minimum Gasteiger partial charge on any atom is -0.480 e. The highest BCUT2D eigenvalue weighted by Gasteiger charge is 2.17. The fourth-order valence-electron chi connectivity index (χ4n) is 1.90. The smallest absolute Gasteiger partial charge is 0.322 e. The topological polar surface area (TPSA) is 71.3 Å². The molecule has 1 unspecified atom stereocenters.